The molecule has 0 radical (unpaired) electrons. The molecule has 0 saturated carbocycles. The lowest BCUT2D eigenvalue weighted by atomic mass is 10.1. The number of unbranched alkanes of at least 4 members (excludes halogenated alkanes) is 1. The topological polar surface area (TPSA) is 46.2 Å². The highest BCUT2D eigenvalue weighted by Gasteiger charge is 2.20. The molecule has 0 amide bonds. The van der Waals surface area contributed by atoms with Crippen molar-refractivity contribution in [2.75, 3.05) is 0 Å². The van der Waals surface area contributed by atoms with Gasteiger partial charge in [-0.2, -0.15) is 0 Å². The van der Waals surface area contributed by atoms with Crippen LogP contribution in [0.25, 0.3) is 0 Å². The van der Waals surface area contributed by atoms with E-state index >= 15 is 0 Å². The molecule has 6 heteroatoms. The normalized spacial score (nSPS) is 13.4. The van der Waals surface area contributed by atoms with Crippen molar-refractivity contribution >= 4 is 26.0 Å². The zero-order chi connectivity index (χ0) is 15.2. The van der Waals surface area contributed by atoms with Gasteiger partial charge >= 0.3 is 0 Å². The van der Waals surface area contributed by atoms with Gasteiger partial charge in [0.2, 0.25) is 10.0 Å². The van der Waals surface area contributed by atoms with Gasteiger partial charge in [-0.3, -0.25) is 0 Å². The van der Waals surface area contributed by atoms with Gasteiger partial charge in [-0.05, 0) is 47.0 Å². The molecule has 20 heavy (non-hydrogen) atoms. The largest absolute Gasteiger partial charge is 0.240 e. The van der Waals surface area contributed by atoms with Gasteiger partial charge in [-0.1, -0.05) is 33.1 Å². The second kappa shape index (κ2) is 8.10. The first kappa shape index (κ1) is 17.6. The predicted molar refractivity (Wildman–Crippen MR) is 82.6 cm³/mol. The minimum Gasteiger partial charge on any atom is -0.208 e. The molecule has 0 spiro atoms. The van der Waals surface area contributed by atoms with Crippen molar-refractivity contribution in [1.82, 2.24) is 4.72 Å². The summed E-state index contributed by atoms with van der Waals surface area (Å²) in [4.78, 5) is -0.0317. The molecular weight excluding hydrogens is 345 g/mol. The van der Waals surface area contributed by atoms with Crippen molar-refractivity contribution in [3.05, 3.63) is 28.5 Å². The summed E-state index contributed by atoms with van der Waals surface area (Å²) in [5.74, 6) is -0.575. The fourth-order valence-electron chi connectivity index (χ4n) is 1.99. The molecule has 0 heterocycles. The molecule has 0 fully saturated rings. The lowest BCUT2D eigenvalue weighted by molar-refractivity contribution is 0.483. The number of halogens is 2. The SMILES string of the molecule is CCCCC(CCC)NS(=O)(=O)c1ccc(Br)c(F)c1. The van der Waals surface area contributed by atoms with Gasteiger partial charge in [0.25, 0.3) is 0 Å². The number of nitrogens with one attached hydrogen (secondary N) is 1. The molecule has 0 aromatic heterocycles. The van der Waals surface area contributed by atoms with Gasteiger partial charge in [0.15, 0.2) is 0 Å². The summed E-state index contributed by atoms with van der Waals surface area (Å²) in [6, 6.07) is 3.76. The predicted octanol–water partition coefficient (Wildman–Crippen LogP) is 4.23. The maximum Gasteiger partial charge on any atom is 0.240 e. The molecule has 1 unspecified atom stereocenters. The van der Waals surface area contributed by atoms with Crippen LogP contribution in [0.15, 0.2) is 27.6 Å². The van der Waals surface area contributed by atoms with E-state index < -0.39 is 15.8 Å². The van der Waals surface area contributed by atoms with Crippen LogP contribution in [0.2, 0.25) is 0 Å². The van der Waals surface area contributed by atoms with Gasteiger partial charge < -0.3 is 0 Å². The van der Waals surface area contributed by atoms with E-state index in [4.69, 9.17) is 0 Å². The van der Waals surface area contributed by atoms with Crippen LogP contribution < -0.4 is 4.72 Å². The molecule has 1 N–H and O–H groups in total. The lowest BCUT2D eigenvalue weighted by Gasteiger charge is -2.18. The second-order valence-corrected chi connectivity index (χ2v) is 7.39. The maximum absolute atomic E-state index is 13.5. The zero-order valence-electron chi connectivity index (χ0n) is 11.8. The van der Waals surface area contributed by atoms with E-state index in [1.807, 2.05) is 6.92 Å². The van der Waals surface area contributed by atoms with Crippen molar-refractivity contribution in [2.24, 2.45) is 0 Å². The zero-order valence-corrected chi connectivity index (χ0v) is 14.2. The third-order valence-corrected chi connectivity index (χ3v) is 5.23. The second-order valence-electron chi connectivity index (χ2n) is 4.83. The lowest BCUT2D eigenvalue weighted by Crippen LogP contribution is -2.34. The average molecular weight is 366 g/mol. The van der Waals surface area contributed by atoms with Crippen LogP contribution in [0.5, 0.6) is 0 Å². The smallest absolute Gasteiger partial charge is 0.208 e. The van der Waals surface area contributed by atoms with E-state index in [1.54, 1.807) is 0 Å². The average Bonchev–Trinajstić information content (AvgIpc) is 2.39. The Hall–Kier alpha value is -0.460. The Balaban J connectivity index is 2.87. The third-order valence-electron chi connectivity index (χ3n) is 3.07. The molecule has 0 aliphatic heterocycles. The molecule has 3 nitrogen and oxygen atoms in total. The van der Waals surface area contributed by atoms with Crippen molar-refractivity contribution in [2.45, 2.75) is 56.9 Å². The first-order chi connectivity index (χ1) is 9.40. The molecule has 0 aliphatic rings. The van der Waals surface area contributed by atoms with E-state index in [9.17, 15) is 12.8 Å². The van der Waals surface area contributed by atoms with E-state index in [1.165, 1.54) is 12.1 Å². The number of hydrogen-bond acceptors (Lipinski definition) is 2. The highest BCUT2D eigenvalue weighted by atomic mass is 79.9. The Labute approximate surface area is 129 Å². The van der Waals surface area contributed by atoms with E-state index in [-0.39, 0.29) is 15.4 Å². The molecule has 0 bridgehead atoms. The standard InChI is InChI=1S/C14H21BrFNO2S/c1-3-5-7-11(6-4-2)17-20(18,19)12-8-9-13(15)14(16)10-12/h8-11,17H,3-7H2,1-2H3. The Kier molecular flexibility index (Phi) is 7.12. The van der Waals surface area contributed by atoms with Crippen LogP contribution in [0.1, 0.15) is 46.0 Å². The van der Waals surface area contributed by atoms with Gasteiger partial charge in [0, 0.05) is 6.04 Å². The van der Waals surface area contributed by atoms with E-state index in [2.05, 4.69) is 27.6 Å². The van der Waals surface area contributed by atoms with Crippen LogP contribution in [-0.4, -0.2) is 14.5 Å². The van der Waals surface area contributed by atoms with Gasteiger partial charge in [0.05, 0.1) is 9.37 Å². The Morgan fingerprint density at radius 3 is 2.50 bits per heavy atom. The van der Waals surface area contributed by atoms with Crippen LogP contribution in [0, 0.1) is 5.82 Å². The number of sulfonamides is 1. The Bertz CT molecular complexity index is 534. The first-order valence-corrected chi connectivity index (χ1v) is 9.15. The summed E-state index contributed by atoms with van der Waals surface area (Å²) < 4.78 is 40.9. The molecule has 1 aromatic carbocycles. The summed E-state index contributed by atoms with van der Waals surface area (Å²) in [6.07, 6.45) is 4.50. The van der Waals surface area contributed by atoms with Crippen molar-refractivity contribution in [3.63, 3.8) is 0 Å². The summed E-state index contributed by atoms with van der Waals surface area (Å²) in [5, 5.41) is 0. The fraction of sp³-hybridized carbons (Fsp3) is 0.571. The van der Waals surface area contributed by atoms with Crippen LogP contribution in [0.4, 0.5) is 4.39 Å². The Morgan fingerprint density at radius 2 is 1.95 bits per heavy atom. The minimum absolute atomic E-state index is 0.0317. The van der Waals surface area contributed by atoms with Gasteiger partial charge in [0.1, 0.15) is 5.82 Å². The van der Waals surface area contributed by atoms with Crippen molar-refractivity contribution in [3.8, 4) is 0 Å². The minimum atomic E-state index is -3.66. The van der Waals surface area contributed by atoms with Gasteiger partial charge in [-0.25, -0.2) is 17.5 Å². The molecule has 0 saturated heterocycles. The summed E-state index contributed by atoms with van der Waals surface area (Å²) >= 11 is 3.02. The fourth-order valence-corrected chi connectivity index (χ4v) is 3.56. The highest BCUT2D eigenvalue weighted by molar-refractivity contribution is 9.10. The monoisotopic (exact) mass is 365 g/mol. The third kappa shape index (κ3) is 5.14. The van der Waals surface area contributed by atoms with Crippen LogP contribution in [0.3, 0.4) is 0 Å². The number of rotatable bonds is 8. The molecule has 1 atom stereocenters. The highest BCUT2D eigenvalue weighted by Crippen LogP contribution is 2.20. The molecule has 1 rings (SSSR count). The van der Waals surface area contributed by atoms with Crippen LogP contribution in [-0.2, 0) is 10.0 Å². The van der Waals surface area contributed by atoms with Crippen molar-refractivity contribution in [1.29, 1.82) is 0 Å². The number of hydrogen-bond donors (Lipinski definition) is 1. The van der Waals surface area contributed by atoms with Crippen LogP contribution >= 0.6 is 15.9 Å². The van der Waals surface area contributed by atoms with Gasteiger partial charge in [-0.15, -0.1) is 0 Å². The summed E-state index contributed by atoms with van der Waals surface area (Å²) in [5.41, 5.74) is 0. The quantitative estimate of drug-likeness (QED) is 0.749. The molecule has 1 aromatic rings. The molecular formula is C14H21BrFNO2S. The maximum atomic E-state index is 13.5. The van der Waals surface area contributed by atoms with E-state index in [0.29, 0.717) is 0 Å². The summed E-state index contributed by atoms with van der Waals surface area (Å²) in [7, 11) is -3.66. The Morgan fingerprint density at radius 1 is 1.25 bits per heavy atom. The number of benzene rings is 1. The van der Waals surface area contributed by atoms with E-state index in [0.717, 1.165) is 38.2 Å². The van der Waals surface area contributed by atoms with Crippen molar-refractivity contribution < 1.29 is 12.8 Å². The first-order valence-electron chi connectivity index (χ1n) is 6.88. The molecule has 0 aliphatic carbocycles. The summed E-state index contributed by atoms with van der Waals surface area (Å²) in [6.45, 7) is 4.09. The molecule has 114 valence electrons.